The van der Waals surface area contributed by atoms with E-state index in [0.717, 1.165) is 0 Å². The van der Waals surface area contributed by atoms with Gasteiger partial charge in [-0.3, -0.25) is 15.1 Å². The molecule has 2 aromatic carbocycles. The molecule has 0 amide bonds. The minimum atomic E-state index is -0.559. The fourth-order valence-electron chi connectivity index (χ4n) is 2.49. The molecule has 1 N–H and O–H groups in total. The van der Waals surface area contributed by atoms with Crippen molar-refractivity contribution in [2.24, 2.45) is 0 Å². The van der Waals surface area contributed by atoms with E-state index in [1.807, 2.05) is 0 Å². The molecule has 0 radical (unpaired) electrons. The molecule has 0 bridgehead atoms. The number of anilines is 1. The minimum Gasteiger partial charge on any atom is -0.367 e. The molecule has 7 heteroatoms. The minimum absolute atomic E-state index is 0.162. The standard InChI is InChI=1S/C18H13ClFN3O2/c19-13-7-8-15(17(11-13)23(24)25)22-18(16-6-1-2-9-21-16)12-4-3-5-14(20)10-12/h1-11,18,22H. The first kappa shape index (κ1) is 16.9. The second-order valence-electron chi connectivity index (χ2n) is 5.31. The molecule has 0 aliphatic rings. The first-order valence-corrected chi connectivity index (χ1v) is 7.79. The van der Waals surface area contributed by atoms with E-state index in [9.17, 15) is 14.5 Å². The summed E-state index contributed by atoms with van der Waals surface area (Å²) in [6.45, 7) is 0. The van der Waals surface area contributed by atoms with Crippen LogP contribution in [0.25, 0.3) is 0 Å². The summed E-state index contributed by atoms with van der Waals surface area (Å²) in [7, 11) is 0. The van der Waals surface area contributed by atoms with Crippen molar-refractivity contribution in [2.75, 3.05) is 5.32 Å². The molecule has 1 atom stereocenters. The van der Waals surface area contributed by atoms with Crippen LogP contribution in [0.3, 0.4) is 0 Å². The summed E-state index contributed by atoms with van der Waals surface area (Å²) in [6.07, 6.45) is 1.61. The van der Waals surface area contributed by atoms with Crippen LogP contribution in [0.1, 0.15) is 17.3 Å². The molecule has 0 aliphatic heterocycles. The third-order valence-electron chi connectivity index (χ3n) is 3.62. The molecular weight excluding hydrogens is 345 g/mol. The first-order valence-electron chi connectivity index (χ1n) is 7.41. The average molecular weight is 358 g/mol. The number of pyridine rings is 1. The van der Waals surface area contributed by atoms with Gasteiger partial charge >= 0.3 is 0 Å². The van der Waals surface area contributed by atoms with Gasteiger partial charge in [0.2, 0.25) is 0 Å². The van der Waals surface area contributed by atoms with Crippen LogP contribution in [0.2, 0.25) is 5.02 Å². The van der Waals surface area contributed by atoms with Crippen molar-refractivity contribution in [1.29, 1.82) is 0 Å². The van der Waals surface area contributed by atoms with E-state index in [1.54, 1.807) is 42.6 Å². The Morgan fingerprint density at radius 2 is 1.96 bits per heavy atom. The maximum absolute atomic E-state index is 13.7. The van der Waals surface area contributed by atoms with E-state index in [2.05, 4.69) is 10.3 Å². The Labute approximate surface area is 148 Å². The number of aromatic nitrogens is 1. The zero-order chi connectivity index (χ0) is 17.8. The lowest BCUT2D eigenvalue weighted by atomic mass is 10.0. The van der Waals surface area contributed by atoms with E-state index in [0.29, 0.717) is 11.3 Å². The van der Waals surface area contributed by atoms with E-state index in [-0.39, 0.29) is 16.4 Å². The van der Waals surface area contributed by atoms with E-state index in [4.69, 9.17) is 11.6 Å². The van der Waals surface area contributed by atoms with Crippen molar-refractivity contribution in [2.45, 2.75) is 6.04 Å². The summed E-state index contributed by atoms with van der Waals surface area (Å²) < 4.78 is 13.7. The summed E-state index contributed by atoms with van der Waals surface area (Å²) >= 11 is 5.86. The molecule has 25 heavy (non-hydrogen) atoms. The normalized spacial score (nSPS) is 11.8. The molecule has 0 fully saturated rings. The molecule has 3 rings (SSSR count). The number of nitro groups is 1. The Hall–Kier alpha value is -2.99. The fraction of sp³-hybridized carbons (Fsp3) is 0.0556. The van der Waals surface area contributed by atoms with Gasteiger partial charge in [-0.1, -0.05) is 29.8 Å². The van der Waals surface area contributed by atoms with Crippen molar-refractivity contribution in [3.63, 3.8) is 0 Å². The van der Waals surface area contributed by atoms with Gasteiger partial charge in [0.1, 0.15) is 11.5 Å². The van der Waals surface area contributed by atoms with Gasteiger partial charge < -0.3 is 5.32 Å². The number of hydrogen-bond acceptors (Lipinski definition) is 4. The maximum atomic E-state index is 13.7. The van der Waals surface area contributed by atoms with Crippen LogP contribution >= 0.6 is 11.6 Å². The summed E-state index contributed by atoms with van der Waals surface area (Å²) in [6, 6.07) is 15.1. The molecule has 0 saturated carbocycles. The highest BCUT2D eigenvalue weighted by molar-refractivity contribution is 6.30. The molecule has 126 valence electrons. The smallest absolute Gasteiger partial charge is 0.293 e. The molecule has 0 saturated heterocycles. The lowest BCUT2D eigenvalue weighted by molar-refractivity contribution is -0.384. The highest BCUT2D eigenvalue weighted by Crippen LogP contribution is 2.33. The first-order chi connectivity index (χ1) is 12.0. The monoisotopic (exact) mass is 357 g/mol. The highest BCUT2D eigenvalue weighted by Gasteiger charge is 2.21. The number of nitrogens with one attached hydrogen (secondary N) is 1. The highest BCUT2D eigenvalue weighted by atomic mass is 35.5. The third-order valence-corrected chi connectivity index (χ3v) is 3.86. The second-order valence-corrected chi connectivity index (χ2v) is 5.74. The van der Waals surface area contributed by atoms with Crippen molar-refractivity contribution >= 4 is 23.0 Å². The van der Waals surface area contributed by atoms with Crippen molar-refractivity contribution in [3.8, 4) is 0 Å². The van der Waals surface area contributed by atoms with Crippen molar-refractivity contribution in [1.82, 2.24) is 4.98 Å². The van der Waals surface area contributed by atoms with Gasteiger partial charge in [-0.25, -0.2) is 4.39 Å². The van der Waals surface area contributed by atoms with E-state index in [1.165, 1.54) is 24.3 Å². The predicted octanol–water partition coefficient (Wildman–Crippen LogP) is 4.98. The van der Waals surface area contributed by atoms with Crippen LogP contribution in [0.5, 0.6) is 0 Å². The molecule has 1 aromatic heterocycles. The molecule has 5 nitrogen and oxygen atoms in total. The van der Waals surface area contributed by atoms with Gasteiger partial charge in [0.25, 0.3) is 5.69 Å². The summed E-state index contributed by atoms with van der Waals surface area (Å²) in [5.41, 5.74) is 1.32. The number of benzene rings is 2. The van der Waals surface area contributed by atoms with Crippen LogP contribution in [0.15, 0.2) is 66.9 Å². The number of halogens is 2. The lowest BCUT2D eigenvalue weighted by Crippen LogP contribution is -2.15. The van der Waals surface area contributed by atoms with E-state index >= 15 is 0 Å². The second kappa shape index (κ2) is 7.27. The zero-order valence-corrected chi connectivity index (χ0v) is 13.7. The summed E-state index contributed by atoms with van der Waals surface area (Å²) in [4.78, 5) is 15.1. The van der Waals surface area contributed by atoms with Gasteiger partial charge in [-0.05, 0) is 42.0 Å². The van der Waals surface area contributed by atoms with Gasteiger partial charge in [-0.15, -0.1) is 0 Å². The molecule has 3 aromatic rings. The zero-order valence-electron chi connectivity index (χ0n) is 12.9. The quantitative estimate of drug-likeness (QED) is 0.516. The van der Waals surface area contributed by atoms with Crippen molar-refractivity contribution in [3.05, 3.63) is 99.1 Å². The molecule has 0 spiro atoms. The van der Waals surface area contributed by atoms with E-state index < -0.39 is 16.8 Å². The van der Waals surface area contributed by atoms with Gasteiger partial charge in [0.05, 0.1) is 16.7 Å². The number of hydrogen-bond donors (Lipinski definition) is 1. The Bertz CT molecular complexity index is 906. The Morgan fingerprint density at radius 3 is 2.64 bits per heavy atom. The molecular formula is C18H13ClFN3O2. The average Bonchev–Trinajstić information content (AvgIpc) is 2.61. The number of nitro benzene ring substituents is 1. The molecule has 1 unspecified atom stereocenters. The van der Waals surface area contributed by atoms with Gasteiger partial charge in [-0.2, -0.15) is 0 Å². The molecule has 0 aliphatic carbocycles. The molecule has 1 heterocycles. The Balaban J connectivity index is 2.06. The number of rotatable bonds is 5. The summed E-state index contributed by atoms with van der Waals surface area (Å²) in [5.74, 6) is -0.397. The SMILES string of the molecule is O=[N+]([O-])c1cc(Cl)ccc1NC(c1cccc(F)c1)c1ccccn1. The summed E-state index contributed by atoms with van der Waals surface area (Å²) in [5, 5.41) is 14.7. The maximum Gasteiger partial charge on any atom is 0.293 e. The third kappa shape index (κ3) is 3.92. The van der Waals surface area contributed by atoms with Crippen LogP contribution in [0, 0.1) is 15.9 Å². The predicted molar refractivity (Wildman–Crippen MR) is 94.2 cm³/mol. The fourth-order valence-corrected chi connectivity index (χ4v) is 2.66. The van der Waals surface area contributed by atoms with Crippen molar-refractivity contribution < 1.29 is 9.31 Å². The lowest BCUT2D eigenvalue weighted by Gasteiger charge is -2.20. The van der Waals surface area contributed by atoms with Gasteiger partial charge in [0, 0.05) is 17.3 Å². The van der Waals surface area contributed by atoms with Crippen LogP contribution in [-0.2, 0) is 0 Å². The Kier molecular flexibility index (Phi) is 4.90. The largest absolute Gasteiger partial charge is 0.367 e. The van der Waals surface area contributed by atoms with Gasteiger partial charge in [0.15, 0.2) is 0 Å². The number of nitrogens with zero attached hydrogens (tertiary/aromatic N) is 2. The van der Waals surface area contributed by atoms with Crippen LogP contribution < -0.4 is 5.32 Å². The Morgan fingerprint density at radius 1 is 1.12 bits per heavy atom. The topological polar surface area (TPSA) is 68.1 Å². The van der Waals surface area contributed by atoms with Crippen LogP contribution in [0.4, 0.5) is 15.8 Å². The van der Waals surface area contributed by atoms with Crippen LogP contribution in [-0.4, -0.2) is 9.91 Å².